The predicted octanol–water partition coefficient (Wildman–Crippen LogP) is 3.56. The molecule has 1 aromatic carbocycles. The Kier molecular flexibility index (Phi) is 4.71. The van der Waals surface area contributed by atoms with Crippen LogP contribution in [-0.4, -0.2) is 38.0 Å². The molecule has 24 heavy (non-hydrogen) atoms. The van der Waals surface area contributed by atoms with Crippen LogP contribution < -0.4 is 0 Å². The van der Waals surface area contributed by atoms with E-state index in [1.807, 2.05) is 6.92 Å². The van der Waals surface area contributed by atoms with Gasteiger partial charge in [-0.25, -0.2) is 4.98 Å². The topological polar surface area (TPSA) is 80.8 Å². The van der Waals surface area contributed by atoms with Gasteiger partial charge in [0.1, 0.15) is 10.8 Å². The van der Waals surface area contributed by atoms with Crippen LogP contribution in [0.1, 0.15) is 31.4 Å². The van der Waals surface area contributed by atoms with Crippen molar-refractivity contribution in [1.29, 1.82) is 0 Å². The first-order chi connectivity index (χ1) is 11.5. The summed E-state index contributed by atoms with van der Waals surface area (Å²) in [5, 5.41) is 9.70. The predicted molar refractivity (Wildman–Crippen MR) is 95.2 cm³/mol. The van der Waals surface area contributed by atoms with Crippen molar-refractivity contribution >= 4 is 39.8 Å². The summed E-state index contributed by atoms with van der Waals surface area (Å²) in [6.45, 7) is 8.22. The SMILES string of the molecule is CCOC(=O)C(CC)Sc1nnc2c(n1)[nH]c1c(C)cc(C)cc12. The molecule has 0 saturated carbocycles. The molecule has 0 saturated heterocycles. The van der Waals surface area contributed by atoms with Crippen LogP contribution in [0.4, 0.5) is 0 Å². The van der Waals surface area contributed by atoms with E-state index in [0.717, 1.165) is 22.0 Å². The number of fused-ring (bicyclic) bond motifs is 3. The number of aromatic nitrogens is 4. The van der Waals surface area contributed by atoms with E-state index in [1.165, 1.54) is 17.3 Å². The standard InChI is InChI=1S/C17H20N4O2S/c1-5-12(16(22)23-6-2)24-17-19-15-14(20-21-17)11-8-9(3)7-10(4)13(11)18-15/h7-8,12H,5-6H2,1-4H3,(H,18,19,21). The lowest BCUT2D eigenvalue weighted by Gasteiger charge is -2.11. The van der Waals surface area contributed by atoms with E-state index in [2.05, 4.69) is 46.1 Å². The summed E-state index contributed by atoms with van der Waals surface area (Å²) in [7, 11) is 0. The maximum absolute atomic E-state index is 11.9. The van der Waals surface area contributed by atoms with Gasteiger partial charge in [0.05, 0.1) is 12.1 Å². The molecule has 0 spiro atoms. The fourth-order valence-electron chi connectivity index (χ4n) is 2.73. The van der Waals surface area contributed by atoms with Gasteiger partial charge in [-0.2, -0.15) is 0 Å². The van der Waals surface area contributed by atoms with Crippen molar-refractivity contribution in [1.82, 2.24) is 20.2 Å². The summed E-state index contributed by atoms with van der Waals surface area (Å²) in [4.78, 5) is 19.8. The van der Waals surface area contributed by atoms with Crippen LogP contribution in [0.2, 0.25) is 0 Å². The molecule has 0 amide bonds. The number of ether oxygens (including phenoxy) is 1. The summed E-state index contributed by atoms with van der Waals surface area (Å²) in [6.07, 6.45) is 0.649. The second-order valence-electron chi connectivity index (χ2n) is 5.69. The first-order valence-electron chi connectivity index (χ1n) is 8.00. The zero-order valence-electron chi connectivity index (χ0n) is 14.2. The highest BCUT2D eigenvalue weighted by Gasteiger charge is 2.21. The normalized spacial score (nSPS) is 12.7. The first kappa shape index (κ1) is 16.7. The fraction of sp³-hybridized carbons (Fsp3) is 0.412. The van der Waals surface area contributed by atoms with Crippen molar-refractivity contribution in [2.45, 2.75) is 44.5 Å². The molecule has 7 heteroatoms. The monoisotopic (exact) mass is 344 g/mol. The minimum absolute atomic E-state index is 0.239. The van der Waals surface area contributed by atoms with E-state index in [0.29, 0.717) is 23.8 Å². The average Bonchev–Trinajstić information content (AvgIpc) is 2.91. The molecule has 0 radical (unpaired) electrons. The van der Waals surface area contributed by atoms with E-state index in [9.17, 15) is 4.79 Å². The molecule has 0 aliphatic heterocycles. The van der Waals surface area contributed by atoms with Gasteiger partial charge in [0.2, 0.25) is 5.16 Å². The highest BCUT2D eigenvalue weighted by Crippen LogP contribution is 2.28. The second-order valence-corrected chi connectivity index (χ2v) is 6.86. The van der Waals surface area contributed by atoms with Gasteiger partial charge in [-0.15, -0.1) is 10.2 Å². The third kappa shape index (κ3) is 3.08. The Balaban J connectivity index is 1.98. The smallest absolute Gasteiger partial charge is 0.319 e. The Morgan fingerprint density at radius 1 is 1.29 bits per heavy atom. The highest BCUT2D eigenvalue weighted by atomic mass is 32.2. The van der Waals surface area contributed by atoms with Crippen molar-refractivity contribution in [3.05, 3.63) is 23.3 Å². The number of esters is 1. The van der Waals surface area contributed by atoms with E-state index >= 15 is 0 Å². The maximum atomic E-state index is 11.9. The Morgan fingerprint density at radius 3 is 2.79 bits per heavy atom. The van der Waals surface area contributed by atoms with Crippen LogP contribution in [0.25, 0.3) is 22.1 Å². The number of carbonyl (C=O) groups is 1. The van der Waals surface area contributed by atoms with Crippen LogP contribution in [0.3, 0.4) is 0 Å². The van der Waals surface area contributed by atoms with E-state index in [-0.39, 0.29) is 11.2 Å². The third-order valence-electron chi connectivity index (χ3n) is 3.81. The maximum Gasteiger partial charge on any atom is 0.319 e. The summed E-state index contributed by atoms with van der Waals surface area (Å²) >= 11 is 1.29. The van der Waals surface area contributed by atoms with Crippen molar-refractivity contribution < 1.29 is 9.53 Å². The number of nitrogens with zero attached hydrogens (tertiary/aromatic N) is 3. The van der Waals surface area contributed by atoms with Gasteiger partial charge in [-0.1, -0.05) is 30.3 Å². The molecule has 126 valence electrons. The van der Waals surface area contributed by atoms with Crippen molar-refractivity contribution in [2.75, 3.05) is 6.61 Å². The van der Waals surface area contributed by atoms with Gasteiger partial charge in [-0.3, -0.25) is 4.79 Å². The Bertz CT molecular complexity index is 906. The number of benzene rings is 1. The van der Waals surface area contributed by atoms with Crippen molar-refractivity contribution in [3.63, 3.8) is 0 Å². The summed E-state index contributed by atoms with van der Waals surface area (Å²) < 4.78 is 5.09. The van der Waals surface area contributed by atoms with Gasteiger partial charge in [0, 0.05) is 5.39 Å². The molecule has 0 aliphatic carbocycles. The molecule has 0 aliphatic rings. The summed E-state index contributed by atoms with van der Waals surface area (Å²) in [5.74, 6) is -0.239. The lowest BCUT2D eigenvalue weighted by atomic mass is 10.1. The van der Waals surface area contributed by atoms with Crippen molar-refractivity contribution in [2.24, 2.45) is 0 Å². The molecule has 3 rings (SSSR count). The van der Waals surface area contributed by atoms with Crippen LogP contribution in [0, 0.1) is 13.8 Å². The van der Waals surface area contributed by atoms with Crippen LogP contribution in [0.15, 0.2) is 17.3 Å². The first-order valence-corrected chi connectivity index (χ1v) is 8.88. The molecule has 1 atom stereocenters. The third-order valence-corrected chi connectivity index (χ3v) is 5.01. The van der Waals surface area contributed by atoms with Crippen LogP contribution >= 0.6 is 11.8 Å². The van der Waals surface area contributed by atoms with Gasteiger partial charge < -0.3 is 9.72 Å². The Hall–Kier alpha value is -2.15. The molecule has 0 bridgehead atoms. The summed E-state index contributed by atoms with van der Waals surface area (Å²) in [5.41, 5.74) is 4.80. The molecule has 1 unspecified atom stereocenters. The number of carbonyl (C=O) groups excluding carboxylic acids is 1. The number of rotatable bonds is 5. The van der Waals surface area contributed by atoms with Crippen molar-refractivity contribution in [3.8, 4) is 0 Å². The molecule has 6 nitrogen and oxygen atoms in total. The number of hydrogen-bond donors (Lipinski definition) is 1. The van der Waals surface area contributed by atoms with Gasteiger partial charge in [0.15, 0.2) is 5.65 Å². The van der Waals surface area contributed by atoms with Crippen LogP contribution in [-0.2, 0) is 9.53 Å². The molecule has 2 aromatic heterocycles. The number of aryl methyl sites for hydroxylation is 2. The van der Waals surface area contributed by atoms with E-state index in [4.69, 9.17) is 4.74 Å². The minimum Gasteiger partial charge on any atom is -0.465 e. The molecule has 2 heterocycles. The quantitative estimate of drug-likeness (QED) is 0.563. The summed E-state index contributed by atoms with van der Waals surface area (Å²) in [6, 6.07) is 4.20. The molecular formula is C17H20N4O2S. The zero-order valence-corrected chi connectivity index (χ0v) is 15.0. The Labute approximate surface area is 144 Å². The lowest BCUT2D eigenvalue weighted by Crippen LogP contribution is -2.19. The largest absolute Gasteiger partial charge is 0.465 e. The number of hydrogen-bond acceptors (Lipinski definition) is 6. The highest BCUT2D eigenvalue weighted by molar-refractivity contribution is 8.00. The minimum atomic E-state index is -0.322. The molecular weight excluding hydrogens is 324 g/mol. The number of thioether (sulfide) groups is 1. The second kappa shape index (κ2) is 6.76. The zero-order chi connectivity index (χ0) is 17.3. The fourth-order valence-corrected chi connectivity index (χ4v) is 3.55. The average molecular weight is 344 g/mol. The molecule has 0 fully saturated rings. The lowest BCUT2D eigenvalue weighted by molar-refractivity contribution is -0.142. The number of H-pyrrole nitrogens is 1. The Morgan fingerprint density at radius 2 is 2.08 bits per heavy atom. The molecule has 1 N–H and O–H groups in total. The molecule has 3 aromatic rings. The van der Waals surface area contributed by atoms with E-state index in [1.54, 1.807) is 6.92 Å². The van der Waals surface area contributed by atoms with E-state index < -0.39 is 0 Å². The number of aromatic amines is 1. The van der Waals surface area contributed by atoms with Gasteiger partial charge >= 0.3 is 5.97 Å². The van der Waals surface area contributed by atoms with Gasteiger partial charge in [-0.05, 0) is 38.8 Å². The number of nitrogens with one attached hydrogen (secondary N) is 1. The van der Waals surface area contributed by atoms with Crippen LogP contribution in [0.5, 0.6) is 0 Å². The van der Waals surface area contributed by atoms with Gasteiger partial charge in [0.25, 0.3) is 0 Å².